The standard InChI is InChI=1S/C12H21NO10S2/c1-2-3-6(15)4-8(13-23-25(19,20)21)24-12-11(18)10(17)9(16)7(5-14)22-12/h2,6-7,9-12,14-18H,1,3-5H2,(H,19,20,21)/t6-,7+,9-,10-,11+,12-/m0/s1. The summed E-state index contributed by atoms with van der Waals surface area (Å²) in [4.78, 5) is 0. The molecule has 0 bridgehead atoms. The summed E-state index contributed by atoms with van der Waals surface area (Å²) in [6.07, 6.45) is -5.67. The zero-order valence-electron chi connectivity index (χ0n) is 12.9. The van der Waals surface area contributed by atoms with E-state index in [1.165, 1.54) is 6.08 Å². The fourth-order valence-electron chi connectivity index (χ4n) is 1.97. The molecule has 13 heteroatoms. The Hall–Kier alpha value is -0.770. The van der Waals surface area contributed by atoms with Gasteiger partial charge in [-0.1, -0.05) is 23.0 Å². The zero-order valence-corrected chi connectivity index (χ0v) is 14.6. The fourth-order valence-corrected chi connectivity index (χ4v) is 3.34. The molecule has 0 saturated carbocycles. The third-order valence-electron chi connectivity index (χ3n) is 3.18. The van der Waals surface area contributed by atoms with Gasteiger partial charge in [0.2, 0.25) is 0 Å². The van der Waals surface area contributed by atoms with E-state index in [-0.39, 0.29) is 17.9 Å². The SMILES string of the molecule is C=CC[C@H](O)CC(=NOS(=O)(=O)O)S[C@@H]1O[C@H](CO)[C@H](O)[C@H](O)[C@H]1O. The number of rotatable bonds is 8. The number of ether oxygens (including phenoxy) is 1. The van der Waals surface area contributed by atoms with Crippen LogP contribution in [0, 0.1) is 0 Å². The van der Waals surface area contributed by atoms with Crippen LogP contribution in [-0.2, 0) is 19.4 Å². The smallest absolute Gasteiger partial charge is 0.394 e. The van der Waals surface area contributed by atoms with Gasteiger partial charge in [-0.05, 0) is 6.42 Å². The van der Waals surface area contributed by atoms with Crippen molar-refractivity contribution in [2.45, 2.75) is 48.8 Å². The molecule has 0 aliphatic carbocycles. The molecule has 6 atom stereocenters. The first-order valence-corrected chi connectivity index (χ1v) is 9.32. The average molecular weight is 403 g/mol. The van der Waals surface area contributed by atoms with Gasteiger partial charge in [-0.15, -0.1) is 6.58 Å². The van der Waals surface area contributed by atoms with Crippen LogP contribution in [0.25, 0.3) is 0 Å². The van der Waals surface area contributed by atoms with Crippen LogP contribution in [0.1, 0.15) is 12.8 Å². The Morgan fingerprint density at radius 3 is 2.48 bits per heavy atom. The highest BCUT2D eigenvalue weighted by Gasteiger charge is 2.44. The normalized spacial score (nSPS) is 32.2. The molecule has 1 heterocycles. The topological polar surface area (TPSA) is 186 Å². The van der Waals surface area contributed by atoms with Crippen LogP contribution in [0.5, 0.6) is 0 Å². The van der Waals surface area contributed by atoms with Crippen LogP contribution in [0.2, 0.25) is 0 Å². The summed E-state index contributed by atoms with van der Waals surface area (Å²) in [5.41, 5.74) is -1.25. The minimum atomic E-state index is -4.89. The number of aliphatic hydroxyl groups is 5. The monoisotopic (exact) mass is 403 g/mol. The van der Waals surface area contributed by atoms with Crippen molar-refractivity contribution in [2.24, 2.45) is 5.16 Å². The molecule has 0 amide bonds. The molecule has 11 nitrogen and oxygen atoms in total. The summed E-state index contributed by atoms with van der Waals surface area (Å²) in [7, 11) is -4.89. The van der Waals surface area contributed by atoms with E-state index in [1.54, 1.807) is 0 Å². The van der Waals surface area contributed by atoms with E-state index in [9.17, 15) is 28.8 Å². The van der Waals surface area contributed by atoms with Gasteiger partial charge in [-0.2, -0.15) is 8.42 Å². The predicted molar refractivity (Wildman–Crippen MR) is 86.9 cm³/mol. The van der Waals surface area contributed by atoms with E-state index in [0.29, 0.717) is 11.8 Å². The number of aliphatic hydroxyl groups excluding tert-OH is 5. The Morgan fingerprint density at radius 1 is 1.32 bits per heavy atom. The second-order valence-corrected chi connectivity index (χ2v) is 7.36. The quantitative estimate of drug-likeness (QED) is 0.0863. The number of hydrogen-bond acceptors (Lipinski definition) is 11. The van der Waals surface area contributed by atoms with Gasteiger partial charge in [0, 0.05) is 6.42 Å². The van der Waals surface area contributed by atoms with Gasteiger partial charge in [0.1, 0.15) is 34.9 Å². The zero-order chi connectivity index (χ0) is 19.2. The highest BCUT2D eigenvalue weighted by Crippen LogP contribution is 2.30. The summed E-state index contributed by atoms with van der Waals surface area (Å²) in [6, 6.07) is 0. The number of hydrogen-bond donors (Lipinski definition) is 6. The molecule has 0 spiro atoms. The first-order chi connectivity index (χ1) is 11.6. The van der Waals surface area contributed by atoms with Gasteiger partial charge >= 0.3 is 10.4 Å². The van der Waals surface area contributed by atoms with Gasteiger partial charge in [-0.25, -0.2) is 4.28 Å². The highest BCUT2D eigenvalue weighted by molar-refractivity contribution is 8.14. The first kappa shape index (κ1) is 22.3. The lowest BCUT2D eigenvalue weighted by Crippen LogP contribution is -2.57. The van der Waals surface area contributed by atoms with E-state index in [4.69, 9.17) is 14.4 Å². The molecule has 1 aliphatic heterocycles. The maximum Gasteiger partial charge on any atom is 0.466 e. The van der Waals surface area contributed by atoms with Crippen LogP contribution in [-0.4, -0.2) is 86.1 Å². The molecule has 0 unspecified atom stereocenters. The summed E-state index contributed by atoms with van der Waals surface area (Å²) < 4.78 is 39.0. The van der Waals surface area contributed by atoms with Gasteiger partial charge in [0.15, 0.2) is 0 Å². The van der Waals surface area contributed by atoms with Gasteiger partial charge in [0.25, 0.3) is 0 Å². The second kappa shape index (κ2) is 9.80. The van der Waals surface area contributed by atoms with Crippen molar-refractivity contribution in [3.63, 3.8) is 0 Å². The Morgan fingerprint density at radius 2 is 1.96 bits per heavy atom. The molecular formula is C12H21NO10S2. The van der Waals surface area contributed by atoms with Crippen molar-refractivity contribution in [3.8, 4) is 0 Å². The van der Waals surface area contributed by atoms with E-state index in [2.05, 4.69) is 16.0 Å². The Kier molecular flexibility index (Phi) is 8.73. The molecule has 0 aromatic heterocycles. The average Bonchev–Trinajstić information content (AvgIpc) is 2.52. The van der Waals surface area contributed by atoms with Crippen LogP contribution in [0.15, 0.2) is 17.8 Å². The largest absolute Gasteiger partial charge is 0.466 e. The summed E-state index contributed by atoms with van der Waals surface area (Å²) in [5, 5.41) is 51.3. The molecule has 1 fully saturated rings. The molecule has 0 aromatic rings. The van der Waals surface area contributed by atoms with Crippen molar-refractivity contribution >= 4 is 27.2 Å². The third-order valence-corrected chi connectivity index (χ3v) is 4.58. The lowest BCUT2D eigenvalue weighted by atomic mass is 10.0. The van der Waals surface area contributed by atoms with Crippen molar-refractivity contribution in [3.05, 3.63) is 12.7 Å². The van der Waals surface area contributed by atoms with Crippen LogP contribution in [0.4, 0.5) is 0 Å². The fraction of sp³-hybridized carbons (Fsp3) is 0.750. The predicted octanol–water partition coefficient (Wildman–Crippen LogP) is -2.02. The van der Waals surface area contributed by atoms with Crippen molar-refractivity contribution in [1.82, 2.24) is 0 Å². The molecule has 1 aliphatic rings. The Labute approximate surface area is 148 Å². The molecule has 1 saturated heterocycles. The van der Waals surface area contributed by atoms with Crippen molar-refractivity contribution in [2.75, 3.05) is 6.61 Å². The first-order valence-electron chi connectivity index (χ1n) is 7.08. The second-order valence-electron chi connectivity index (χ2n) is 5.18. The number of oxime groups is 1. The van der Waals surface area contributed by atoms with Crippen molar-refractivity contribution < 1.29 is 47.5 Å². The third kappa shape index (κ3) is 7.16. The maximum atomic E-state index is 10.6. The maximum absolute atomic E-state index is 10.6. The van der Waals surface area contributed by atoms with E-state index in [1.807, 2.05) is 0 Å². The summed E-state index contributed by atoms with van der Waals surface area (Å²) in [5.74, 6) is 0. The highest BCUT2D eigenvalue weighted by atomic mass is 32.3. The van der Waals surface area contributed by atoms with Gasteiger partial charge in [0.05, 0.1) is 12.7 Å². The number of nitrogens with zero attached hydrogens (tertiary/aromatic N) is 1. The molecular weight excluding hydrogens is 382 g/mol. The van der Waals surface area contributed by atoms with Crippen LogP contribution in [0.3, 0.4) is 0 Å². The van der Waals surface area contributed by atoms with E-state index in [0.717, 1.165) is 0 Å². The molecule has 0 radical (unpaired) electrons. The van der Waals surface area contributed by atoms with Crippen LogP contribution < -0.4 is 0 Å². The Bertz CT molecular complexity index is 566. The van der Waals surface area contributed by atoms with Crippen LogP contribution >= 0.6 is 11.8 Å². The summed E-state index contributed by atoms with van der Waals surface area (Å²) in [6.45, 7) is 2.79. The van der Waals surface area contributed by atoms with Crippen molar-refractivity contribution in [1.29, 1.82) is 0 Å². The minimum Gasteiger partial charge on any atom is -0.394 e. The molecule has 6 N–H and O–H groups in total. The van der Waals surface area contributed by atoms with E-state index < -0.39 is 53.0 Å². The lowest BCUT2D eigenvalue weighted by Gasteiger charge is -2.39. The Balaban J connectivity index is 2.92. The minimum absolute atomic E-state index is 0.139. The molecule has 1 rings (SSSR count). The lowest BCUT2D eigenvalue weighted by molar-refractivity contribution is -0.205. The van der Waals surface area contributed by atoms with Gasteiger partial charge < -0.3 is 30.3 Å². The molecule has 0 aromatic carbocycles. The summed E-state index contributed by atoms with van der Waals surface area (Å²) >= 11 is 0.594. The molecule has 146 valence electrons. The van der Waals surface area contributed by atoms with Gasteiger partial charge in [-0.3, -0.25) is 4.55 Å². The molecule has 25 heavy (non-hydrogen) atoms. The van der Waals surface area contributed by atoms with E-state index >= 15 is 0 Å². The number of thioether (sulfide) groups is 1.